The summed E-state index contributed by atoms with van der Waals surface area (Å²) in [4.78, 5) is 28.1. The molecule has 120 valence electrons. The molecular formula is C15H16FN5O2. The van der Waals surface area contributed by atoms with Gasteiger partial charge in [0.25, 0.3) is 0 Å². The van der Waals surface area contributed by atoms with Crippen molar-refractivity contribution in [1.29, 1.82) is 0 Å². The monoisotopic (exact) mass is 317 g/mol. The maximum absolute atomic E-state index is 13.3. The Morgan fingerprint density at radius 2 is 2.39 bits per heavy atom. The molecule has 23 heavy (non-hydrogen) atoms. The molecule has 2 N–H and O–H groups in total. The third-order valence-corrected chi connectivity index (χ3v) is 3.69. The van der Waals surface area contributed by atoms with Crippen molar-refractivity contribution < 1.29 is 14.0 Å². The van der Waals surface area contributed by atoms with Gasteiger partial charge in [0.15, 0.2) is 0 Å². The Hall–Kier alpha value is -2.77. The van der Waals surface area contributed by atoms with Gasteiger partial charge in [-0.25, -0.2) is 9.37 Å². The van der Waals surface area contributed by atoms with E-state index in [2.05, 4.69) is 20.7 Å². The molecule has 3 rings (SSSR count). The number of halogens is 1. The summed E-state index contributed by atoms with van der Waals surface area (Å²) in [5.74, 6) is -1.64. The average molecular weight is 317 g/mol. The molecule has 2 aromatic rings. The lowest BCUT2D eigenvalue weighted by Crippen LogP contribution is -2.41. The molecule has 1 aliphatic rings. The first-order valence-corrected chi connectivity index (χ1v) is 7.25. The highest BCUT2D eigenvalue weighted by Gasteiger charge is 2.31. The van der Waals surface area contributed by atoms with E-state index in [9.17, 15) is 14.0 Å². The molecule has 0 aliphatic carbocycles. The number of aromatic nitrogens is 3. The third kappa shape index (κ3) is 3.36. The Morgan fingerprint density at radius 3 is 3.13 bits per heavy atom. The molecule has 2 heterocycles. The Labute approximate surface area is 131 Å². The van der Waals surface area contributed by atoms with Crippen LogP contribution in [-0.4, -0.2) is 32.6 Å². The Balaban J connectivity index is 1.73. The largest absolute Gasteiger partial charge is 0.351 e. The standard InChI is InChI=1S/C15H16FN5O2/c1-9(6-21-8-17-7-18-21)19-15(23)12-5-14(22)20-13-4-10(16)2-3-11(12)13/h2-4,7-9,12H,5-6H2,1H3,(H,19,23)(H,20,22). The molecule has 0 fully saturated rings. The van der Waals surface area contributed by atoms with Crippen LogP contribution in [0.2, 0.25) is 0 Å². The molecule has 1 aromatic carbocycles. The summed E-state index contributed by atoms with van der Waals surface area (Å²) in [7, 11) is 0. The quantitative estimate of drug-likeness (QED) is 0.882. The average Bonchev–Trinajstić information content (AvgIpc) is 2.98. The predicted molar refractivity (Wildman–Crippen MR) is 80.0 cm³/mol. The molecular weight excluding hydrogens is 301 g/mol. The van der Waals surface area contributed by atoms with Crippen LogP contribution in [0.1, 0.15) is 24.8 Å². The van der Waals surface area contributed by atoms with Crippen LogP contribution in [0.4, 0.5) is 10.1 Å². The van der Waals surface area contributed by atoms with Crippen molar-refractivity contribution in [2.45, 2.75) is 31.8 Å². The molecule has 0 spiro atoms. The number of benzene rings is 1. The minimum atomic E-state index is -0.627. The molecule has 2 unspecified atom stereocenters. The van der Waals surface area contributed by atoms with E-state index in [1.807, 2.05) is 6.92 Å². The van der Waals surface area contributed by atoms with Crippen molar-refractivity contribution in [3.8, 4) is 0 Å². The van der Waals surface area contributed by atoms with Crippen LogP contribution in [0, 0.1) is 5.82 Å². The summed E-state index contributed by atoms with van der Waals surface area (Å²) < 4.78 is 14.9. The van der Waals surface area contributed by atoms with Gasteiger partial charge in [0.1, 0.15) is 18.5 Å². The van der Waals surface area contributed by atoms with Crippen molar-refractivity contribution in [3.63, 3.8) is 0 Å². The molecule has 7 nitrogen and oxygen atoms in total. The van der Waals surface area contributed by atoms with Gasteiger partial charge in [-0.15, -0.1) is 0 Å². The van der Waals surface area contributed by atoms with Crippen LogP contribution < -0.4 is 10.6 Å². The molecule has 8 heteroatoms. The fourth-order valence-electron chi connectivity index (χ4n) is 2.67. The number of rotatable bonds is 4. The number of hydrogen-bond donors (Lipinski definition) is 2. The van der Waals surface area contributed by atoms with E-state index in [1.54, 1.807) is 11.0 Å². The minimum absolute atomic E-state index is 0.0422. The van der Waals surface area contributed by atoms with E-state index >= 15 is 0 Å². The fourth-order valence-corrected chi connectivity index (χ4v) is 2.67. The number of carbonyl (C=O) groups excluding carboxylic acids is 2. The molecule has 0 saturated heterocycles. The zero-order chi connectivity index (χ0) is 16.4. The van der Waals surface area contributed by atoms with Crippen molar-refractivity contribution in [2.75, 3.05) is 5.32 Å². The Kier molecular flexibility index (Phi) is 4.05. The van der Waals surface area contributed by atoms with Gasteiger partial charge in [0, 0.05) is 18.2 Å². The summed E-state index contributed by atoms with van der Waals surface area (Å²) in [6.45, 7) is 2.31. The summed E-state index contributed by atoms with van der Waals surface area (Å²) in [6.07, 6.45) is 3.03. The second-order valence-electron chi connectivity index (χ2n) is 5.56. The van der Waals surface area contributed by atoms with Gasteiger partial charge in [-0.1, -0.05) is 6.07 Å². The zero-order valence-electron chi connectivity index (χ0n) is 12.5. The molecule has 0 bridgehead atoms. The van der Waals surface area contributed by atoms with Crippen LogP contribution in [0.15, 0.2) is 30.9 Å². The SMILES string of the molecule is CC(Cn1cncn1)NC(=O)C1CC(=O)Nc2cc(F)ccc21. The predicted octanol–water partition coefficient (Wildman–Crippen LogP) is 1.05. The zero-order valence-corrected chi connectivity index (χ0v) is 12.5. The van der Waals surface area contributed by atoms with E-state index in [-0.39, 0.29) is 24.3 Å². The highest BCUT2D eigenvalue weighted by Crippen LogP contribution is 2.32. The molecule has 1 aromatic heterocycles. The molecule has 0 saturated carbocycles. The van der Waals surface area contributed by atoms with Crippen molar-refractivity contribution in [3.05, 3.63) is 42.2 Å². The van der Waals surface area contributed by atoms with E-state index in [0.29, 0.717) is 17.8 Å². The van der Waals surface area contributed by atoms with Gasteiger partial charge in [-0.3, -0.25) is 14.3 Å². The van der Waals surface area contributed by atoms with Crippen molar-refractivity contribution in [1.82, 2.24) is 20.1 Å². The van der Waals surface area contributed by atoms with Crippen LogP contribution in [0.3, 0.4) is 0 Å². The fraction of sp³-hybridized carbons (Fsp3) is 0.333. The first kappa shape index (κ1) is 15.1. The molecule has 1 aliphatic heterocycles. The van der Waals surface area contributed by atoms with Gasteiger partial charge in [0.2, 0.25) is 11.8 Å². The second-order valence-corrected chi connectivity index (χ2v) is 5.56. The van der Waals surface area contributed by atoms with Gasteiger partial charge in [0.05, 0.1) is 12.5 Å². The van der Waals surface area contributed by atoms with Gasteiger partial charge >= 0.3 is 0 Å². The number of hydrogen-bond acceptors (Lipinski definition) is 4. The normalized spacial score (nSPS) is 18.0. The summed E-state index contributed by atoms with van der Waals surface area (Å²) >= 11 is 0. The van der Waals surface area contributed by atoms with Crippen LogP contribution in [0.5, 0.6) is 0 Å². The van der Waals surface area contributed by atoms with Gasteiger partial charge < -0.3 is 10.6 Å². The lowest BCUT2D eigenvalue weighted by molar-refractivity contribution is -0.126. The summed E-state index contributed by atoms with van der Waals surface area (Å²) in [6, 6.07) is 3.87. The molecule has 2 amide bonds. The van der Waals surface area contributed by atoms with E-state index in [0.717, 1.165) is 0 Å². The summed E-state index contributed by atoms with van der Waals surface area (Å²) in [5.41, 5.74) is 0.974. The van der Waals surface area contributed by atoms with Crippen molar-refractivity contribution >= 4 is 17.5 Å². The number of carbonyl (C=O) groups is 2. The highest BCUT2D eigenvalue weighted by atomic mass is 19.1. The highest BCUT2D eigenvalue weighted by molar-refractivity contribution is 6.01. The first-order chi connectivity index (χ1) is 11.0. The molecule has 0 radical (unpaired) electrons. The van der Waals surface area contributed by atoms with Crippen LogP contribution in [0.25, 0.3) is 0 Å². The lowest BCUT2D eigenvalue weighted by atomic mass is 9.89. The minimum Gasteiger partial charge on any atom is -0.351 e. The Morgan fingerprint density at radius 1 is 1.57 bits per heavy atom. The molecule has 2 atom stereocenters. The third-order valence-electron chi connectivity index (χ3n) is 3.69. The van der Waals surface area contributed by atoms with Gasteiger partial charge in [-0.2, -0.15) is 5.10 Å². The smallest absolute Gasteiger partial charge is 0.228 e. The van der Waals surface area contributed by atoms with Crippen LogP contribution >= 0.6 is 0 Å². The Bertz CT molecular complexity index is 731. The number of nitrogens with one attached hydrogen (secondary N) is 2. The summed E-state index contributed by atoms with van der Waals surface area (Å²) in [5, 5.41) is 9.44. The maximum Gasteiger partial charge on any atom is 0.228 e. The second kappa shape index (κ2) is 6.15. The van der Waals surface area contributed by atoms with E-state index < -0.39 is 11.7 Å². The van der Waals surface area contributed by atoms with Gasteiger partial charge in [-0.05, 0) is 24.6 Å². The maximum atomic E-state index is 13.3. The number of anilines is 1. The number of fused-ring (bicyclic) bond motifs is 1. The number of amides is 2. The first-order valence-electron chi connectivity index (χ1n) is 7.25. The van der Waals surface area contributed by atoms with Crippen molar-refractivity contribution in [2.24, 2.45) is 0 Å². The lowest BCUT2D eigenvalue weighted by Gasteiger charge is -2.26. The van der Waals surface area contributed by atoms with E-state index in [4.69, 9.17) is 0 Å². The number of nitrogens with zero attached hydrogens (tertiary/aromatic N) is 3. The van der Waals surface area contributed by atoms with E-state index in [1.165, 1.54) is 24.5 Å². The van der Waals surface area contributed by atoms with Crippen LogP contribution in [-0.2, 0) is 16.1 Å². The topological polar surface area (TPSA) is 88.9 Å².